The molecule has 0 radical (unpaired) electrons. The molecule has 2 fully saturated rings. The molecule has 0 aromatic rings. The first-order chi connectivity index (χ1) is 8.85. The maximum absolute atomic E-state index is 12.1. The molecule has 1 spiro atoms. The van der Waals surface area contributed by atoms with Gasteiger partial charge in [0.2, 0.25) is 0 Å². The van der Waals surface area contributed by atoms with Crippen molar-refractivity contribution in [3.05, 3.63) is 11.6 Å². The van der Waals surface area contributed by atoms with Crippen molar-refractivity contribution in [1.29, 1.82) is 0 Å². The number of hydrogen-bond acceptors (Lipinski definition) is 4. The van der Waals surface area contributed by atoms with Crippen LogP contribution in [0.2, 0.25) is 0 Å². The summed E-state index contributed by atoms with van der Waals surface area (Å²) in [5, 5.41) is 9.87. The lowest BCUT2D eigenvalue weighted by molar-refractivity contribution is -0.180. The molecule has 2 bridgehead atoms. The fourth-order valence-corrected chi connectivity index (χ4v) is 4.29. The fraction of sp³-hybridized carbons (Fsp3) is 0.733. The van der Waals surface area contributed by atoms with Gasteiger partial charge in [0.1, 0.15) is 6.10 Å². The molecule has 1 aliphatic heterocycles. The van der Waals surface area contributed by atoms with Gasteiger partial charge in [-0.2, -0.15) is 0 Å². The molecule has 3 aliphatic rings. The van der Waals surface area contributed by atoms with Crippen LogP contribution in [-0.4, -0.2) is 29.6 Å². The van der Waals surface area contributed by atoms with E-state index in [9.17, 15) is 14.7 Å². The number of esters is 1. The van der Waals surface area contributed by atoms with Gasteiger partial charge in [0.25, 0.3) is 0 Å². The van der Waals surface area contributed by atoms with Crippen molar-refractivity contribution in [2.75, 3.05) is 6.61 Å². The van der Waals surface area contributed by atoms with Crippen LogP contribution in [0.15, 0.2) is 11.6 Å². The van der Waals surface area contributed by atoms with E-state index < -0.39 is 10.8 Å². The highest BCUT2D eigenvalue weighted by Gasteiger charge is 2.63. The predicted molar refractivity (Wildman–Crippen MR) is 68.2 cm³/mol. The smallest absolute Gasteiger partial charge is 0.306 e. The second-order valence-corrected chi connectivity index (χ2v) is 6.61. The number of aliphatic hydroxyl groups excluding tert-OH is 1. The zero-order valence-electron chi connectivity index (χ0n) is 11.6. The van der Waals surface area contributed by atoms with Crippen molar-refractivity contribution in [2.24, 2.45) is 22.7 Å². The van der Waals surface area contributed by atoms with Crippen LogP contribution in [0.4, 0.5) is 0 Å². The first kappa shape index (κ1) is 12.9. The number of aliphatic hydroxyl groups is 1. The van der Waals surface area contributed by atoms with E-state index in [1.807, 2.05) is 20.8 Å². The Hall–Kier alpha value is -1.16. The summed E-state index contributed by atoms with van der Waals surface area (Å²) in [5.41, 5.74) is 0.0888. The van der Waals surface area contributed by atoms with E-state index in [1.165, 1.54) is 0 Å². The van der Waals surface area contributed by atoms with E-state index in [1.54, 1.807) is 6.08 Å². The highest BCUT2D eigenvalue weighted by molar-refractivity contribution is 5.98. The minimum Gasteiger partial charge on any atom is -0.462 e. The Morgan fingerprint density at radius 3 is 2.74 bits per heavy atom. The molecule has 2 aliphatic carbocycles. The van der Waals surface area contributed by atoms with Crippen LogP contribution < -0.4 is 0 Å². The highest BCUT2D eigenvalue weighted by atomic mass is 16.5. The highest BCUT2D eigenvalue weighted by Crippen LogP contribution is 2.63. The van der Waals surface area contributed by atoms with Crippen LogP contribution in [0.3, 0.4) is 0 Å². The van der Waals surface area contributed by atoms with Gasteiger partial charge >= 0.3 is 5.97 Å². The SMILES string of the molecule is C[C@@H]1C(=O)C=C2[C@@]13CC(=O)O[C@@H](C3)[C@H](C)[C@]2(C)CO. The largest absolute Gasteiger partial charge is 0.462 e. The second kappa shape index (κ2) is 3.69. The Morgan fingerprint density at radius 2 is 2.11 bits per heavy atom. The molecule has 1 heterocycles. The summed E-state index contributed by atoms with van der Waals surface area (Å²) in [5.74, 6) is -0.289. The zero-order valence-corrected chi connectivity index (χ0v) is 11.6. The minimum absolute atomic E-state index is 0.0181. The Labute approximate surface area is 112 Å². The first-order valence-corrected chi connectivity index (χ1v) is 6.92. The summed E-state index contributed by atoms with van der Waals surface area (Å²) < 4.78 is 5.46. The van der Waals surface area contributed by atoms with Gasteiger partial charge in [0.05, 0.1) is 13.0 Å². The fourth-order valence-electron chi connectivity index (χ4n) is 4.29. The molecule has 1 saturated carbocycles. The van der Waals surface area contributed by atoms with Crippen molar-refractivity contribution < 1.29 is 19.4 Å². The van der Waals surface area contributed by atoms with E-state index >= 15 is 0 Å². The van der Waals surface area contributed by atoms with Gasteiger partial charge in [-0.05, 0) is 12.5 Å². The second-order valence-electron chi connectivity index (χ2n) is 6.61. The Morgan fingerprint density at radius 1 is 1.42 bits per heavy atom. The lowest BCUT2D eigenvalue weighted by atomic mass is 9.51. The molecule has 0 aromatic heterocycles. The number of rotatable bonds is 1. The first-order valence-electron chi connectivity index (χ1n) is 6.92. The minimum atomic E-state index is -0.468. The van der Waals surface area contributed by atoms with Gasteiger partial charge < -0.3 is 9.84 Å². The predicted octanol–water partition coefficient (Wildman–Crippen LogP) is 1.47. The molecule has 4 heteroatoms. The third-order valence-electron chi connectivity index (χ3n) is 5.89. The summed E-state index contributed by atoms with van der Waals surface area (Å²) in [6, 6.07) is 0. The van der Waals surface area contributed by atoms with Crippen LogP contribution in [0, 0.1) is 22.7 Å². The Balaban J connectivity index is 2.19. The number of carbonyl (C=O) groups excluding carboxylic acids is 2. The lowest BCUT2D eigenvalue weighted by Crippen LogP contribution is -2.56. The molecule has 19 heavy (non-hydrogen) atoms. The number of fused-ring (bicyclic) bond motifs is 1. The molecule has 104 valence electrons. The van der Waals surface area contributed by atoms with Crippen molar-refractivity contribution in [2.45, 2.75) is 39.7 Å². The third kappa shape index (κ3) is 1.38. The number of carbonyl (C=O) groups is 2. The summed E-state index contributed by atoms with van der Waals surface area (Å²) >= 11 is 0. The summed E-state index contributed by atoms with van der Waals surface area (Å²) in [7, 11) is 0. The molecular weight excluding hydrogens is 244 g/mol. The Bertz CT molecular complexity index is 494. The molecule has 4 nitrogen and oxygen atoms in total. The monoisotopic (exact) mass is 264 g/mol. The molecule has 1 N–H and O–H groups in total. The topological polar surface area (TPSA) is 63.6 Å². The van der Waals surface area contributed by atoms with Crippen molar-refractivity contribution in [1.82, 2.24) is 0 Å². The van der Waals surface area contributed by atoms with Gasteiger partial charge in [0.15, 0.2) is 5.78 Å². The van der Waals surface area contributed by atoms with Gasteiger partial charge in [-0.25, -0.2) is 0 Å². The molecule has 0 aromatic carbocycles. The Kier molecular flexibility index (Phi) is 2.50. The van der Waals surface area contributed by atoms with Gasteiger partial charge in [-0.15, -0.1) is 0 Å². The van der Waals surface area contributed by atoms with Crippen molar-refractivity contribution >= 4 is 11.8 Å². The van der Waals surface area contributed by atoms with Crippen LogP contribution in [0.5, 0.6) is 0 Å². The van der Waals surface area contributed by atoms with E-state index in [-0.39, 0.29) is 42.7 Å². The van der Waals surface area contributed by atoms with Crippen molar-refractivity contribution in [3.8, 4) is 0 Å². The van der Waals surface area contributed by atoms with Crippen LogP contribution in [0.25, 0.3) is 0 Å². The molecule has 1 saturated heterocycles. The summed E-state index contributed by atoms with van der Waals surface area (Å²) in [6.07, 6.45) is 2.48. The lowest BCUT2D eigenvalue weighted by Gasteiger charge is -2.56. The maximum Gasteiger partial charge on any atom is 0.306 e. The van der Waals surface area contributed by atoms with Crippen LogP contribution >= 0.6 is 0 Å². The number of hydrogen-bond donors (Lipinski definition) is 1. The van der Waals surface area contributed by atoms with E-state index in [0.717, 1.165) is 5.57 Å². The third-order valence-corrected chi connectivity index (χ3v) is 5.89. The van der Waals surface area contributed by atoms with Crippen molar-refractivity contribution in [3.63, 3.8) is 0 Å². The number of allylic oxidation sites excluding steroid dienone is 1. The maximum atomic E-state index is 12.1. The van der Waals surface area contributed by atoms with Gasteiger partial charge in [-0.1, -0.05) is 26.3 Å². The van der Waals surface area contributed by atoms with Crippen LogP contribution in [0.1, 0.15) is 33.6 Å². The number of ether oxygens (including phenoxy) is 1. The molecule has 0 unspecified atom stereocenters. The molecule has 3 rings (SSSR count). The van der Waals surface area contributed by atoms with E-state index in [0.29, 0.717) is 6.42 Å². The summed E-state index contributed by atoms with van der Waals surface area (Å²) in [4.78, 5) is 24.0. The normalized spacial score (nSPS) is 48.6. The standard InChI is InChI=1S/C15H20O4/c1-8-10(17)4-12-14(3,7-16)9(2)11-5-15(8,12)6-13(18)19-11/h4,8-9,11,16H,5-7H2,1-3H3/t8-,9+,11+,14+,15+/m1/s1. The average molecular weight is 264 g/mol. The average Bonchev–Trinajstić information content (AvgIpc) is 2.61. The van der Waals surface area contributed by atoms with E-state index in [4.69, 9.17) is 4.74 Å². The van der Waals surface area contributed by atoms with Gasteiger partial charge in [0, 0.05) is 22.7 Å². The number of ketones is 1. The zero-order chi connectivity index (χ0) is 14.0. The molecular formula is C15H20O4. The van der Waals surface area contributed by atoms with Gasteiger partial charge in [-0.3, -0.25) is 9.59 Å². The quantitative estimate of drug-likeness (QED) is 0.728. The van der Waals surface area contributed by atoms with E-state index in [2.05, 4.69) is 0 Å². The molecule has 0 amide bonds. The van der Waals surface area contributed by atoms with Crippen LogP contribution in [-0.2, 0) is 14.3 Å². The molecule has 5 atom stereocenters. The summed E-state index contributed by atoms with van der Waals surface area (Å²) in [6.45, 7) is 5.86.